The Hall–Kier alpha value is 3.34. The SMILES string of the molecule is Cl[C](Cl)(Cl)[Sn][CH2][CH2][Sn][C](Cl)(Cl)Cl. The molecule has 0 aliphatic heterocycles. The minimum atomic E-state index is -0.990. The molecule has 0 aromatic heterocycles. The summed E-state index contributed by atoms with van der Waals surface area (Å²) >= 11 is 31.8. The summed E-state index contributed by atoms with van der Waals surface area (Å²) < 4.78 is -0.00733. The van der Waals surface area contributed by atoms with E-state index in [1.54, 1.807) is 0 Å². The Labute approximate surface area is 122 Å². The van der Waals surface area contributed by atoms with Gasteiger partial charge in [0.05, 0.1) is 0 Å². The summed E-state index contributed by atoms with van der Waals surface area (Å²) in [5, 5.41) is 0. The van der Waals surface area contributed by atoms with Crippen molar-refractivity contribution in [2.75, 3.05) is 0 Å². The van der Waals surface area contributed by atoms with Gasteiger partial charge < -0.3 is 0 Å². The summed E-state index contributed by atoms with van der Waals surface area (Å²) in [7, 11) is 0. The predicted octanol–water partition coefficient (Wildman–Crippen LogP) is 3.89. The number of rotatable bonds is 3. The molecule has 0 saturated heterocycles. The van der Waals surface area contributed by atoms with Crippen LogP contribution in [0.2, 0.25) is 8.87 Å². The standard InChI is InChI=1S/C2H4.2CCl3.2Sn/c1-2;2*2-1(3)4;;/h1-2H2;;;;. The van der Waals surface area contributed by atoms with E-state index >= 15 is 0 Å². The second-order valence-electron chi connectivity index (χ2n) is 1.85. The minimum absolute atomic E-state index is 0.922. The molecule has 0 rings (SSSR count). The fourth-order valence-corrected chi connectivity index (χ4v) is 11.3. The Kier molecular flexibility index (Phi) is 8.72. The molecule has 0 aliphatic carbocycles. The molecule has 0 unspecified atom stereocenters. The zero-order chi connectivity index (χ0) is 9.83. The fraction of sp³-hybridized carbons (Fsp3) is 1.00. The molecule has 0 amide bonds. The first kappa shape index (κ1) is 15.3. The Morgan fingerprint density at radius 3 is 1.08 bits per heavy atom. The van der Waals surface area contributed by atoms with Crippen LogP contribution in [0.25, 0.3) is 0 Å². The number of hydrogen-bond acceptors (Lipinski definition) is 0. The van der Waals surface area contributed by atoms with Crippen molar-refractivity contribution in [3.05, 3.63) is 0 Å². The summed E-state index contributed by atoms with van der Waals surface area (Å²) in [6.45, 7) is 0. The second-order valence-corrected chi connectivity index (χ2v) is 21.0. The van der Waals surface area contributed by atoms with Gasteiger partial charge in [0.2, 0.25) is 0 Å². The van der Waals surface area contributed by atoms with E-state index in [0.717, 1.165) is 8.87 Å². The molecular weight excluding hydrogens is 498 g/mol. The molecule has 4 radical (unpaired) electrons. The average Bonchev–Trinajstić information content (AvgIpc) is 1.76. The molecule has 0 saturated carbocycles. The molecule has 0 bridgehead atoms. The Morgan fingerprint density at radius 2 is 0.917 bits per heavy atom. The van der Waals surface area contributed by atoms with E-state index < -0.39 is 45.9 Å². The van der Waals surface area contributed by atoms with Gasteiger partial charge in [-0.3, -0.25) is 0 Å². The number of hydrogen-bond donors (Lipinski definition) is 0. The van der Waals surface area contributed by atoms with Crippen molar-refractivity contribution < 1.29 is 0 Å². The maximum atomic E-state index is 5.61. The van der Waals surface area contributed by atoms with E-state index in [4.69, 9.17) is 69.6 Å². The van der Waals surface area contributed by atoms with E-state index in [0.29, 0.717) is 0 Å². The average molecular weight is 502 g/mol. The Balaban J connectivity index is 3.35. The third-order valence-electron chi connectivity index (χ3n) is 0.776. The van der Waals surface area contributed by atoms with Crippen LogP contribution in [0.3, 0.4) is 0 Å². The van der Waals surface area contributed by atoms with Crippen molar-refractivity contribution >= 4 is 112 Å². The molecule has 0 N–H and O–H groups in total. The molecule has 0 fully saturated rings. The van der Waals surface area contributed by atoms with Gasteiger partial charge in [-0.1, -0.05) is 0 Å². The van der Waals surface area contributed by atoms with Crippen molar-refractivity contribution in [1.29, 1.82) is 0 Å². The van der Waals surface area contributed by atoms with Crippen LogP contribution in [0.15, 0.2) is 0 Å². The van der Waals surface area contributed by atoms with Gasteiger partial charge in [0.25, 0.3) is 0 Å². The van der Waals surface area contributed by atoms with Gasteiger partial charge in [0.1, 0.15) is 0 Å². The maximum absolute atomic E-state index is 5.61. The van der Waals surface area contributed by atoms with Gasteiger partial charge in [0.15, 0.2) is 0 Å². The molecule has 0 aromatic rings. The fourth-order valence-electron chi connectivity index (χ4n) is 0.408. The van der Waals surface area contributed by atoms with E-state index in [-0.39, 0.29) is 0 Å². The van der Waals surface area contributed by atoms with Crippen LogP contribution in [0.1, 0.15) is 0 Å². The van der Waals surface area contributed by atoms with Crippen LogP contribution >= 0.6 is 69.6 Å². The predicted molar refractivity (Wildman–Crippen MR) is 61.7 cm³/mol. The normalized spacial score (nSPS) is 13.5. The quantitative estimate of drug-likeness (QED) is 0.313. The third kappa shape index (κ3) is 13.3. The number of alkyl halides is 6. The Morgan fingerprint density at radius 1 is 0.667 bits per heavy atom. The zero-order valence-corrected chi connectivity index (χ0v) is 15.9. The second kappa shape index (κ2) is 6.82. The van der Waals surface area contributed by atoms with Crippen molar-refractivity contribution in [2.24, 2.45) is 0 Å². The van der Waals surface area contributed by atoms with E-state index in [2.05, 4.69) is 0 Å². The molecular formula is C4H4Cl6Sn2. The molecule has 8 heteroatoms. The molecule has 0 spiro atoms. The van der Waals surface area contributed by atoms with Gasteiger partial charge >= 0.3 is 124 Å². The summed E-state index contributed by atoms with van der Waals surface area (Å²) in [6, 6.07) is 0. The molecule has 12 heavy (non-hydrogen) atoms. The third-order valence-corrected chi connectivity index (χ3v) is 15.4. The van der Waals surface area contributed by atoms with E-state index in [1.165, 1.54) is 0 Å². The van der Waals surface area contributed by atoms with Gasteiger partial charge in [-0.15, -0.1) is 0 Å². The Bertz CT molecular complexity index is 110. The monoisotopic (exact) mass is 502 g/mol. The van der Waals surface area contributed by atoms with Gasteiger partial charge in [0, 0.05) is 0 Å². The van der Waals surface area contributed by atoms with E-state index in [9.17, 15) is 0 Å². The van der Waals surface area contributed by atoms with Crippen LogP contribution in [-0.2, 0) is 0 Å². The topological polar surface area (TPSA) is 0 Å². The van der Waals surface area contributed by atoms with Gasteiger partial charge in [-0.2, -0.15) is 0 Å². The molecule has 0 atom stereocenters. The summed E-state index contributed by atoms with van der Waals surface area (Å²) in [4.78, 5) is 0. The molecule has 0 nitrogen and oxygen atoms in total. The van der Waals surface area contributed by atoms with Crippen LogP contribution in [0, 0.1) is 0 Å². The molecule has 0 aromatic carbocycles. The van der Waals surface area contributed by atoms with Crippen LogP contribution in [0.5, 0.6) is 0 Å². The molecule has 0 heterocycles. The first-order valence-corrected chi connectivity index (χ1v) is 12.0. The van der Waals surface area contributed by atoms with Crippen LogP contribution in [0.4, 0.5) is 0 Å². The molecule has 70 valence electrons. The van der Waals surface area contributed by atoms with Gasteiger partial charge in [-0.25, -0.2) is 0 Å². The van der Waals surface area contributed by atoms with Crippen molar-refractivity contribution in [2.45, 2.75) is 12.5 Å². The summed E-state index contributed by atoms with van der Waals surface area (Å²) in [5.74, 6) is 0. The van der Waals surface area contributed by atoms with Crippen LogP contribution in [-0.4, -0.2) is 45.9 Å². The zero-order valence-electron chi connectivity index (χ0n) is 5.68. The number of halogens is 6. The summed E-state index contributed by atoms with van der Waals surface area (Å²) in [6.07, 6.45) is 0. The van der Waals surface area contributed by atoms with Crippen molar-refractivity contribution in [3.8, 4) is 0 Å². The van der Waals surface area contributed by atoms with E-state index in [1.807, 2.05) is 0 Å². The van der Waals surface area contributed by atoms with Crippen LogP contribution < -0.4 is 0 Å². The van der Waals surface area contributed by atoms with Gasteiger partial charge in [-0.05, 0) is 0 Å². The van der Waals surface area contributed by atoms with Crippen molar-refractivity contribution in [1.82, 2.24) is 0 Å². The molecule has 0 aliphatic rings. The summed E-state index contributed by atoms with van der Waals surface area (Å²) in [5.41, 5.74) is 0. The first-order chi connectivity index (χ1) is 5.21. The first-order valence-electron chi connectivity index (χ1n) is 2.84. The van der Waals surface area contributed by atoms with Crippen molar-refractivity contribution in [3.63, 3.8) is 0 Å².